The Hall–Kier alpha value is -3.29. The molecule has 0 saturated carbocycles. The lowest BCUT2D eigenvalue weighted by atomic mass is 10.1. The van der Waals surface area contributed by atoms with Crippen LogP contribution in [0.3, 0.4) is 0 Å². The molecule has 1 N–H and O–H groups in total. The van der Waals surface area contributed by atoms with Crippen molar-refractivity contribution >= 4 is 22.8 Å². The Morgan fingerprint density at radius 3 is 2.86 bits per heavy atom. The highest BCUT2D eigenvalue weighted by Gasteiger charge is 2.22. The Morgan fingerprint density at radius 1 is 1.18 bits per heavy atom. The van der Waals surface area contributed by atoms with Gasteiger partial charge in [0.05, 0.1) is 18.3 Å². The van der Waals surface area contributed by atoms with Crippen molar-refractivity contribution in [3.63, 3.8) is 0 Å². The van der Waals surface area contributed by atoms with Crippen molar-refractivity contribution in [2.24, 2.45) is 0 Å². The van der Waals surface area contributed by atoms with Gasteiger partial charge in [-0.15, -0.1) is 0 Å². The number of carbonyl (C=O) groups is 1. The van der Waals surface area contributed by atoms with Crippen LogP contribution in [0.1, 0.15) is 19.3 Å². The maximum Gasteiger partial charge on any atom is 0.225 e. The molecule has 1 aliphatic heterocycles. The van der Waals surface area contributed by atoms with Gasteiger partial charge in [0.25, 0.3) is 0 Å². The summed E-state index contributed by atoms with van der Waals surface area (Å²) in [5, 5.41) is 7.90. The second-order valence-electron chi connectivity index (χ2n) is 6.90. The number of para-hydroxylation sites is 1. The smallest absolute Gasteiger partial charge is 0.225 e. The molecule has 1 amide bonds. The Kier molecular flexibility index (Phi) is 5.27. The molecule has 0 radical (unpaired) electrons. The zero-order valence-electron chi connectivity index (χ0n) is 15.5. The summed E-state index contributed by atoms with van der Waals surface area (Å²) < 4.78 is 1.71. The summed E-state index contributed by atoms with van der Waals surface area (Å²) >= 11 is 0. The average molecular weight is 378 g/mol. The van der Waals surface area contributed by atoms with E-state index in [1.807, 2.05) is 18.2 Å². The van der Waals surface area contributed by atoms with Crippen LogP contribution in [-0.2, 0) is 11.3 Å². The van der Waals surface area contributed by atoms with Crippen LogP contribution in [-0.4, -0.2) is 44.8 Å². The van der Waals surface area contributed by atoms with Crippen molar-refractivity contribution in [2.75, 3.05) is 18.0 Å². The van der Waals surface area contributed by atoms with Crippen molar-refractivity contribution in [3.05, 3.63) is 59.1 Å². The van der Waals surface area contributed by atoms with Crippen LogP contribution in [0.2, 0.25) is 0 Å². The molecule has 0 bridgehead atoms. The van der Waals surface area contributed by atoms with E-state index in [1.54, 1.807) is 29.2 Å². The van der Waals surface area contributed by atoms with E-state index >= 15 is 0 Å². The van der Waals surface area contributed by atoms with Crippen LogP contribution in [0.25, 0.3) is 10.9 Å². The molecule has 3 heterocycles. The molecule has 4 rings (SSSR count). The minimum atomic E-state index is -0.110. The maximum absolute atomic E-state index is 12.5. The first-order valence-electron chi connectivity index (χ1n) is 9.47. The van der Waals surface area contributed by atoms with Gasteiger partial charge in [-0.1, -0.05) is 12.1 Å². The Labute approximate surface area is 162 Å². The van der Waals surface area contributed by atoms with Crippen LogP contribution < -0.4 is 15.6 Å². The second kappa shape index (κ2) is 8.16. The van der Waals surface area contributed by atoms with Crippen molar-refractivity contribution in [1.82, 2.24) is 25.1 Å². The summed E-state index contributed by atoms with van der Waals surface area (Å²) in [6, 6.07) is 9.18. The number of hydrogen-bond acceptors (Lipinski definition) is 6. The number of hydrogen-bond donors (Lipinski definition) is 1. The summed E-state index contributed by atoms with van der Waals surface area (Å²) in [5.41, 5.74) is 0.634. The topological polar surface area (TPSA) is 93.0 Å². The molecular formula is C20H22N6O2. The zero-order valence-corrected chi connectivity index (χ0v) is 15.5. The largest absolute Gasteiger partial charge is 0.352 e. The summed E-state index contributed by atoms with van der Waals surface area (Å²) in [4.78, 5) is 35.1. The van der Waals surface area contributed by atoms with Crippen LogP contribution >= 0.6 is 0 Å². The van der Waals surface area contributed by atoms with E-state index in [-0.39, 0.29) is 17.4 Å². The summed E-state index contributed by atoms with van der Waals surface area (Å²) in [7, 11) is 0. The lowest BCUT2D eigenvalue weighted by molar-refractivity contribution is -0.122. The van der Waals surface area contributed by atoms with Crippen LogP contribution in [0.4, 0.5) is 5.95 Å². The fourth-order valence-electron chi connectivity index (χ4n) is 3.58. The lowest BCUT2D eigenvalue weighted by Gasteiger charge is -2.33. The normalized spacial score (nSPS) is 16.9. The van der Waals surface area contributed by atoms with Gasteiger partial charge < -0.3 is 10.2 Å². The highest BCUT2D eigenvalue weighted by molar-refractivity contribution is 5.79. The van der Waals surface area contributed by atoms with Crippen LogP contribution in [0.15, 0.2) is 53.7 Å². The van der Waals surface area contributed by atoms with E-state index in [2.05, 4.69) is 25.3 Å². The molecule has 144 valence electrons. The van der Waals surface area contributed by atoms with E-state index in [9.17, 15) is 9.59 Å². The number of carbonyl (C=O) groups excluding carboxylic acids is 1. The molecule has 28 heavy (non-hydrogen) atoms. The Balaban J connectivity index is 1.36. The third-order valence-electron chi connectivity index (χ3n) is 4.93. The first-order chi connectivity index (χ1) is 13.7. The van der Waals surface area contributed by atoms with E-state index in [4.69, 9.17) is 0 Å². The molecule has 1 aliphatic rings. The molecule has 3 aromatic rings. The molecule has 8 nitrogen and oxygen atoms in total. The molecule has 1 atom stereocenters. The molecule has 1 fully saturated rings. The highest BCUT2D eigenvalue weighted by atomic mass is 16.1. The number of aromatic nitrogens is 4. The van der Waals surface area contributed by atoms with Crippen LogP contribution in [0, 0.1) is 0 Å². The lowest BCUT2D eigenvalue weighted by Crippen LogP contribution is -2.48. The van der Waals surface area contributed by atoms with E-state index in [1.165, 1.54) is 6.20 Å². The second-order valence-corrected chi connectivity index (χ2v) is 6.90. The molecule has 2 aromatic heterocycles. The third-order valence-corrected chi connectivity index (χ3v) is 4.93. The van der Waals surface area contributed by atoms with Gasteiger partial charge in [-0.3, -0.25) is 14.3 Å². The standard InChI is InChI=1S/C20H22N6O2/c27-18-13-23-26(17-7-2-1-6-16(17)18)12-8-19(28)24-15-5-3-11-25(14-15)20-21-9-4-10-22-20/h1-2,4,6-7,9-10,13,15H,3,5,8,11-12,14H2,(H,24,28). The fourth-order valence-corrected chi connectivity index (χ4v) is 3.58. The number of piperidine rings is 1. The molecule has 0 spiro atoms. The predicted octanol–water partition coefficient (Wildman–Crippen LogP) is 1.36. The van der Waals surface area contributed by atoms with Gasteiger partial charge in [-0.25, -0.2) is 9.97 Å². The summed E-state index contributed by atoms with van der Waals surface area (Å²) in [6.07, 6.45) is 6.99. The molecule has 0 aliphatic carbocycles. The number of amides is 1. The van der Waals surface area contributed by atoms with Crippen molar-refractivity contribution in [3.8, 4) is 0 Å². The van der Waals surface area contributed by atoms with Gasteiger partial charge in [-0.05, 0) is 31.0 Å². The van der Waals surface area contributed by atoms with E-state index in [0.29, 0.717) is 30.8 Å². The monoisotopic (exact) mass is 378 g/mol. The highest BCUT2D eigenvalue weighted by Crippen LogP contribution is 2.15. The first kappa shape index (κ1) is 18.1. The number of fused-ring (bicyclic) bond motifs is 1. The van der Waals surface area contributed by atoms with Gasteiger partial charge in [0.15, 0.2) is 0 Å². The predicted molar refractivity (Wildman–Crippen MR) is 106 cm³/mol. The third kappa shape index (κ3) is 4.00. The number of benzene rings is 1. The maximum atomic E-state index is 12.5. The molecule has 1 saturated heterocycles. The number of nitrogens with zero attached hydrogens (tertiary/aromatic N) is 5. The number of aryl methyl sites for hydroxylation is 1. The fraction of sp³-hybridized carbons (Fsp3) is 0.350. The van der Waals surface area contributed by atoms with Gasteiger partial charge in [-0.2, -0.15) is 5.10 Å². The summed E-state index contributed by atoms with van der Waals surface area (Å²) in [6.45, 7) is 2.02. The van der Waals surface area contributed by atoms with Gasteiger partial charge in [0, 0.05) is 43.3 Å². The van der Waals surface area contributed by atoms with Gasteiger partial charge in [0.1, 0.15) is 0 Å². The molecular weight excluding hydrogens is 356 g/mol. The van der Waals surface area contributed by atoms with E-state index < -0.39 is 0 Å². The van der Waals surface area contributed by atoms with Crippen molar-refractivity contribution in [2.45, 2.75) is 31.8 Å². The summed E-state index contributed by atoms with van der Waals surface area (Å²) in [5.74, 6) is 0.677. The minimum absolute atomic E-state index is 0.0228. The minimum Gasteiger partial charge on any atom is -0.352 e. The Morgan fingerprint density at radius 2 is 2.00 bits per heavy atom. The van der Waals surface area contributed by atoms with Crippen molar-refractivity contribution < 1.29 is 4.79 Å². The average Bonchev–Trinajstić information content (AvgIpc) is 2.74. The molecule has 1 aromatic carbocycles. The van der Waals surface area contributed by atoms with Gasteiger partial charge >= 0.3 is 0 Å². The zero-order chi connectivity index (χ0) is 19.3. The van der Waals surface area contributed by atoms with Gasteiger partial charge in [0.2, 0.25) is 17.3 Å². The number of rotatable bonds is 5. The SMILES string of the molecule is O=C(CCn1ncc(=O)c2ccccc21)NC1CCCN(c2ncccn2)C1. The molecule has 8 heteroatoms. The molecule has 1 unspecified atom stereocenters. The number of nitrogens with one attached hydrogen (secondary N) is 1. The Bertz CT molecular complexity index is 1020. The number of anilines is 1. The van der Waals surface area contributed by atoms with E-state index in [0.717, 1.165) is 24.9 Å². The first-order valence-corrected chi connectivity index (χ1v) is 9.47. The van der Waals surface area contributed by atoms with Crippen LogP contribution in [0.5, 0.6) is 0 Å². The van der Waals surface area contributed by atoms with Crippen molar-refractivity contribution in [1.29, 1.82) is 0 Å². The quantitative estimate of drug-likeness (QED) is 0.721.